The maximum absolute atomic E-state index is 5.61. The van der Waals surface area contributed by atoms with Gasteiger partial charge in [0.1, 0.15) is 18.1 Å². The molecular weight excluding hydrogens is 352 g/mol. The summed E-state index contributed by atoms with van der Waals surface area (Å²) in [5.41, 5.74) is 0. The van der Waals surface area contributed by atoms with Crippen LogP contribution < -0.4 is 5.32 Å². The van der Waals surface area contributed by atoms with E-state index < -0.39 is 0 Å². The average Bonchev–Trinajstić information content (AvgIpc) is 3.31. The molecular formula is C23H42N2O3. The molecule has 3 rings (SSSR count). The maximum atomic E-state index is 5.61. The highest BCUT2D eigenvalue weighted by molar-refractivity contribution is 5.75. The lowest BCUT2D eigenvalue weighted by atomic mass is 10.2. The van der Waals surface area contributed by atoms with Gasteiger partial charge in [0.05, 0.1) is 18.2 Å². The second-order valence-electron chi connectivity index (χ2n) is 8.59. The van der Waals surface area contributed by atoms with Crippen LogP contribution in [-0.2, 0) is 9.47 Å². The topological polar surface area (TPSA) is 56.0 Å². The highest BCUT2D eigenvalue weighted by atomic mass is 16.5. The van der Waals surface area contributed by atoms with Crippen molar-refractivity contribution in [3.8, 4) is 0 Å². The Balaban J connectivity index is 0.000000210. The third kappa shape index (κ3) is 10.7. The number of hydrogen-bond donors (Lipinski definition) is 1. The number of nitrogens with one attached hydrogen (secondary N) is 1. The van der Waals surface area contributed by atoms with Crippen LogP contribution in [0.3, 0.4) is 0 Å². The molecule has 2 aliphatic rings. The average molecular weight is 395 g/mol. The van der Waals surface area contributed by atoms with Gasteiger partial charge in [-0.3, -0.25) is 0 Å². The molecule has 1 aliphatic carbocycles. The quantitative estimate of drug-likeness (QED) is 0.698. The summed E-state index contributed by atoms with van der Waals surface area (Å²) in [6.07, 6.45) is 6.34. The third-order valence-electron chi connectivity index (χ3n) is 4.31. The highest BCUT2D eigenvalue weighted by Crippen LogP contribution is 2.21. The van der Waals surface area contributed by atoms with Gasteiger partial charge in [-0.2, -0.15) is 0 Å². The monoisotopic (exact) mass is 394 g/mol. The number of rotatable bonds is 4. The lowest BCUT2D eigenvalue weighted by Gasteiger charge is -2.13. The zero-order chi connectivity index (χ0) is 21.1. The summed E-state index contributed by atoms with van der Waals surface area (Å²) in [7, 11) is 0. The Labute approximate surface area is 172 Å². The van der Waals surface area contributed by atoms with Crippen LogP contribution in [0.25, 0.3) is 0 Å². The Morgan fingerprint density at radius 1 is 1.07 bits per heavy atom. The SMILES string of the molecule is CC(C)OC1CCCC1.CC1COC(NC(C)C)=N1.Cc1ccc(C(C)C)o1. The molecule has 162 valence electrons. The van der Waals surface area contributed by atoms with E-state index in [4.69, 9.17) is 13.9 Å². The molecule has 2 heterocycles. The fraction of sp³-hybridized carbons (Fsp3) is 0.783. The second kappa shape index (κ2) is 12.9. The van der Waals surface area contributed by atoms with Crippen LogP contribution in [0.2, 0.25) is 0 Å². The first kappa shape index (κ1) is 24.5. The van der Waals surface area contributed by atoms with Crippen molar-refractivity contribution >= 4 is 6.02 Å². The van der Waals surface area contributed by atoms with E-state index in [0.29, 0.717) is 36.2 Å². The number of amidine groups is 1. The predicted molar refractivity (Wildman–Crippen MR) is 117 cm³/mol. The summed E-state index contributed by atoms with van der Waals surface area (Å²) < 4.78 is 16.2. The fourth-order valence-electron chi connectivity index (χ4n) is 2.97. The zero-order valence-corrected chi connectivity index (χ0v) is 19.2. The lowest BCUT2D eigenvalue weighted by Crippen LogP contribution is -2.30. The van der Waals surface area contributed by atoms with Crippen LogP contribution in [-0.4, -0.2) is 36.9 Å². The first-order chi connectivity index (χ1) is 13.2. The van der Waals surface area contributed by atoms with Gasteiger partial charge in [0, 0.05) is 12.0 Å². The molecule has 0 spiro atoms. The Hall–Kier alpha value is -1.49. The number of nitrogens with zero attached hydrogens (tertiary/aromatic N) is 1. The van der Waals surface area contributed by atoms with Gasteiger partial charge in [-0.05, 0) is 66.5 Å². The Kier molecular flexibility index (Phi) is 11.3. The fourth-order valence-corrected chi connectivity index (χ4v) is 2.97. The minimum atomic E-state index is 0.321. The smallest absolute Gasteiger partial charge is 0.285 e. The molecule has 0 bridgehead atoms. The predicted octanol–water partition coefficient (Wildman–Crippen LogP) is 5.82. The summed E-state index contributed by atoms with van der Waals surface area (Å²) in [6, 6.07) is 5.45. The molecule has 1 aromatic rings. The van der Waals surface area contributed by atoms with E-state index in [-0.39, 0.29) is 0 Å². The molecule has 1 saturated carbocycles. The third-order valence-corrected chi connectivity index (χ3v) is 4.31. The summed E-state index contributed by atoms with van der Waals surface area (Å²) in [6.45, 7) is 17.3. The van der Waals surface area contributed by atoms with Crippen LogP contribution >= 0.6 is 0 Å². The molecule has 0 saturated heterocycles. The number of ether oxygens (including phenoxy) is 2. The van der Waals surface area contributed by atoms with Crippen molar-refractivity contribution in [2.75, 3.05) is 6.61 Å². The second-order valence-corrected chi connectivity index (χ2v) is 8.59. The number of aryl methyl sites for hydroxylation is 1. The van der Waals surface area contributed by atoms with E-state index in [1.807, 2.05) is 26.0 Å². The maximum Gasteiger partial charge on any atom is 0.285 e. The van der Waals surface area contributed by atoms with Gasteiger partial charge in [0.25, 0.3) is 6.02 Å². The minimum absolute atomic E-state index is 0.321. The number of aliphatic imine (C=N–C) groups is 1. The number of hydrogen-bond acceptors (Lipinski definition) is 5. The van der Waals surface area contributed by atoms with Crippen molar-refractivity contribution in [3.63, 3.8) is 0 Å². The molecule has 1 aliphatic heterocycles. The molecule has 0 amide bonds. The van der Waals surface area contributed by atoms with Gasteiger partial charge in [-0.25, -0.2) is 4.99 Å². The standard InChI is InChI=1S/C8H12O.C8H16O.C7H14N2O/c1-6(2)8-5-4-7(3)9-8;1-7(2)9-8-5-3-4-6-8;1-5(2)8-7-9-6(3)4-10-7/h4-6H,1-3H3;7-8H,3-6H2,1-2H3;5-6H,4H2,1-3H3,(H,8,9). The van der Waals surface area contributed by atoms with Crippen molar-refractivity contribution < 1.29 is 13.9 Å². The lowest BCUT2D eigenvalue weighted by molar-refractivity contribution is 0.0126. The molecule has 0 radical (unpaired) electrons. The molecule has 28 heavy (non-hydrogen) atoms. The summed E-state index contributed by atoms with van der Waals surface area (Å²) in [5.74, 6) is 2.59. The van der Waals surface area contributed by atoms with Crippen molar-refractivity contribution in [2.24, 2.45) is 4.99 Å². The molecule has 1 unspecified atom stereocenters. The van der Waals surface area contributed by atoms with Gasteiger partial charge in [-0.15, -0.1) is 0 Å². The van der Waals surface area contributed by atoms with Gasteiger partial charge < -0.3 is 19.2 Å². The van der Waals surface area contributed by atoms with E-state index in [2.05, 4.69) is 51.9 Å². The molecule has 1 atom stereocenters. The first-order valence-corrected chi connectivity index (χ1v) is 10.9. The van der Waals surface area contributed by atoms with Crippen LogP contribution in [0.15, 0.2) is 21.5 Å². The van der Waals surface area contributed by atoms with Gasteiger partial charge in [0.2, 0.25) is 0 Å². The van der Waals surface area contributed by atoms with Crippen molar-refractivity contribution in [2.45, 2.75) is 111 Å². The molecule has 5 heteroatoms. The summed E-state index contributed by atoms with van der Waals surface area (Å²) in [4.78, 5) is 4.21. The molecule has 1 fully saturated rings. The van der Waals surface area contributed by atoms with E-state index in [9.17, 15) is 0 Å². The number of furan rings is 1. The van der Waals surface area contributed by atoms with Gasteiger partial charge >= 0.3 is 0 Å². The van der Waals surface area contributed by atoms with Gasteiger partial charge in [-0.1, -0.05) is 26.7 Å². The zero-order valence-electron chi connectivity index (χ0n) is 19.2. The van der Waals surface area contributed by atoms with Crippen molar-refractivity contribution in [3.05, 3.63) is 23.7 Å². The Morgan fingerprint density at radius 2 is 1.71 bits per heavy atom. The summed E-state index contributed by atoms with van der Waals surface area (Å²) >= 11 is 0. The molecule has 1 aromatic heterocycles. The normalized spacial score (nSPS) is 19.1. The van der Waals surface area contributed by atoms with E-state index in [1.54, 1.807) is 0 Å². The van der Waals surface area contributed by atoms with E-state index in [1.165, 1.54) is 25.7 Å². The summed E-state index contributed by atoms with van der Waals surface area (Å²) in [5, 5.41) is 3.10. The van der Waals surface area contributed by atoms with E-state index in [0.717, 1.165) is 18.1 Å². The van der Waals surface area contributed by atoms with Crippen molar-refractivity contribution in [1.82, 2.24) is 5.32 Å². The molecule has 5 nitrogen and oxygen atoms in total. The molecule has 1 N–H and O–H groups in total. The van der Waals surface area contributed by atoms with Crippen LogP contribution in [0.4, 0.5) is 0 Å². The van der Waals surface area contributed by atoms with Crippen molar-refractivity contribution in [1.29, 1.82) is 0 Å². The van der Waals surface area contributed by atoms with Gasteiger partial charge in [0.15, 0.2) is 0 Å². The van der Waals surface area contributed by atoms with Crippen LogP contribution in [0.1, 0.15) is 91.6 Å². The Bertz CT molecular complexity index is 558. The van der Waals surface area contributed by atoms with Crippen LogP contribution in [0.5, 0.6) is 0 Å². The minimum Gasteiger partial charge on any atom is -0.466 e. The van der Waals surface area contributed by atoms with Crippen LogP contribution in [0, 0.1) is 6.92 Å². The van der Waals surface area contributed by atoms with E-state index >= 15 is 0 Å². The highest BCUT2D eigenvalue weighted by Gasteiger charge is 2.16. The Morgan fingerprint density at radius 3 is 2.07 bits per heavy atom. The molecule has 0 aromatic carbocycles. The first-order valence-electron chi connectivity index (χ1n) is 10.9. The largest absolute Gasteiger partial charge is 0.466 e.